The molecule has 72 heavy (non-hydrogen) atoms. The minimum absolute atomic E-state index is 0.0821. The first-order valence-electron chi connectivity index (χ1n) is 31.3. The van der Waals surface area contributed by atoms with E-state index in [1.807, 2.05) is 0 Å². The van der Waals surface area contributed by atoms with Crippen LogP contribution in [-0.4, -0.2) is 37.2 Å². The highest BCUT2D eigenvalue weighted by Crippen LogP contribution is 2.17. The maximum Gasteiger partial charge on any atom is 0.306 e. The van der Waals surface area contributed by atoms with Crippen molar-refractivity contribution in [1.82, 2.24) is 0 Å². The highest BCUT2D eigenvalue weighted by atomic mass is 16.6. The molecule has 0 saturated carbocycles. The predicted molar refractivity (Wildman–Crippen MR) is 312 cm³/mol. The molecule has 0 heterocycles. The second-order valence-corrected chi connectivity index (χ2v) is 21.0. The second-order valence-electron chi connectivity index (χ2n) is 21.0. The highest BCUT2D eigenvalue weighted by molar-refractivity contribution is 5.71. The molecule has 0 aromatic rings. The van der Waals surface area contributed by atoms with E-state index in [1.165, 1.54) is 199 Å². The van der Waals surface area contributed by atoms with Gasteiger partial charge in [0, 0.05) is 19.3 Å². The second kappa shape index (κ2) is 60.7. The van der Waals surface area contributed by atoms with Crippen LogP contribution in [0.5, 0.6) is 0 Å². The van der Waals surface area contributed by atoms with Gasteiger partial charge in [-0.1, -0.05) is 274 Å². The van der Waals surface area contributed by atoms with Crippen LogP contribution in [-0.2, 0) is 28.6 Å². The van der Waals surface area contributed by atoms with Gasteiger partial charge in [0.1, 0.15) is 13.2 Å². The minimum atomic E-state index is -0.788. The molecule has 0 aliphatic heterocycles. The summed E-state index contributed by atoms with van der Waals surface area (Å²) < 4.78 is 16.9. The molecule has 1 atom stereocenters. The van der Waals surface area contributed by atoms with Crippen molar-refractivity contribution in [3.63, 3.8) is 0 Å². The lowest BCUT2D eigenvalue weighted by atomic mass is 10.0. The number of allylic oxidation sites excluding steroid dienone is 10. The van der Waals surface area contributed by atoms with Gasteiger partial charge in [-0.15, -0.1) is 0 Å². The van der Waals surface area contributed by atoms with E-state index >= 15 is 0 Å². The van der Waals surface area contributed by atoms with Crippen molar-refractivity contribution in [2.45, 2.75) is 329 Å². The monoisotopic (exact) mass is 1010 g/mol. The molecule has 0 aromatic carbocycles. The lowest BCUT2D eigenvalue weighted by Crippen LogP contribution is -2.30. The van der Waals surface area contributed by atoms with E-state index in [0.717, 1.165) is 83.5 Å². The van der Waals surface area contributed by atoms with Crippen molar-refractivity contribution >= 4 is 17.9 Å². The first kappa shape index (κ1) is 69.1. The number of unbranched alkanes of at least 4 members (excludes halogenated alkanes) is 36. The standard InChI is InChI=1S/C66H118O6/c1-4-7-10-13-16-19-22-25-28-31-33-35-38-41-44-47-50-53-56-59-65(68)71-62-63(61-70-64(67)58-55-52-49-46-43-40-37-30-27-24-21-18-15-12-9-6-3)72-66(69)60-57-54-51-48-45-42-39-36-34-32-29-26-23-20-17-14-11-8-5-2/h16,19,25-26,28-29,33,35,41,44,63H,4-15,17-18,20-24,27,30-32,34,36-40,42-43,45-62H2,1-3H3/b19-16+,28-25+,29-26+,35-33+,44-41+/t63-/m1/s1. The number of ether oxygens (including phenoxy) is 3. The van der Waals surface area contributed by atoms with Crippen molar-refractivity contribution in [2.75, 3.05) is 13.2 Å². The summed E-state index contributed by atoms with van der Waals surface area (Å²) in [4.78, 5) is 38.3. The fraction of sp³-hybridized carbons (Fsp3) is 0.803. The molecule has 0 bridgehead atoms. The molecule has 0 saturated heterocycles. The Kier molecular flexibility index (Phi) is 58.2. The number of carbonyl (C=O) groups is 3. The van der Waals surface area contributed by atoms with Crippen LogP contribution in [0.25, 0.3) is 0 Å². The third kappa shape index (κ3) is 58.0. The van der Waals surface area contributed by atoms with Gasteiger partial charge >= 0.3 is 17.9 Å². The zero-order valence-corrected chi connectivity index (χ0v) is 47.9. The molecule has 0 aliphatic rings. The third-order valence-corrected chi connectivity index (χ3v) is 13.7. The Morgan fingerprint density at radius 1 is 0.278 bits per heavy atom. The Morgan fingerprint density at radius 2 is 0.500 bits per heavy atom. The van der Waals surface area contributed by atoms with Crippen molar-refractivity contribution in [3.05, 3.63) is 60.8 Å². The number of hydrogen-bond donors (Lipinski definition) is 0. The van der Waals surface area contributed by atoms with Gasteiger partial charge in [0.15, 0.2) is 6.10 Å². The van der Waals surface area contributed by atoms with Crippen LogP contribution in [0, 0.1) is 0 Å². The Bertz CT molecular complexity index is 1290. The van der Waals surface area contributed by atoms with E-state index in [4.69, 9.17) is 14.2 Å². The van der Waals surface area contributed by atoms with Gasteiger partial charge in [0.25, 0.3) is 0 Å². The number of rotatable bonds is 57. The molecule has 0 spiro atoms. The molecule has 6 nitrogen and oxygen atoms in total. The smallest absolute Gasteiger partial charge is 0.306 e. The quantitative estimate of drug-likeness (QED) is 0.0261. The molecule has 0 N–H and O–H groups in total. The SMILES string of the molecule is CCCCC/C=C/C/C=C/C/C=C/C/C=C/CCCCCC(=O)OC[C@@H](COC(=O)CCCCCCCCCCCCCCCCCC)OC(=O)CCCCCCCCCCC/C=C/CCCCCCCC. The van der Waals surface area contributed by atoms with Gasteiger partial charge in [-0.05, 0) is 89.9 Å². The Hall–Kier alpha value is -2.89. The Morgan fingerprint density at radius 3 is 0.833 bits per heavy atom. The lowest BCUT2D eigenvalue weighted by Gasteiger charge is -2.18. The van der Waals surface area contributed by atoms with Crippen molar-refractivity contribution < 1.29 is 28.6 Å². The van der Waals surface area contributed by atoms with Crippen LogP contribution in [0.15, 0.2) is 60.8 Å². The normalized spacial score (nSPS) is 12.4. The molecular weight excluding hydrogens is 889 g/mol. The summed E-state index contributed by atoms with van der Waals surface area (Å²) in [6.07, 6.45) is 76.4. The van der Waals surface area contributed by atoms with E-state index in [1.54, 1.807) is 0 Å². The zero-order valence-electron chi connectivity index (χ0n) is 47.9. The number of esters is 3. The predicted octanol–water partition coefficient (Wildman–Crippen LogP) is 21.2. The van der Waals surface area contributed by atoms with Gasteiger partial charge < -0.3 is 14.2 Å². The number of hydrogen-bond acceptors (Lipinski definition) is 6. The minimum Gasteiger partial charge on any atom is -0.462 e. The highest BCUT2D eigenvalue weighted by Gasteiger charge is 2.19. The van der Waals surface area contributed by atoms with E-state index < -0.39 is 6.10 Å². The van der Waals surface area contributed by atoms with Crippen LogP contribution >= 0.6 is 0 Å². The Labute approximate surface area is 447 Å². The zero-order chi connectivity index (χ0) is 52.2. The average molecular weight is 1010 g/mol. The summed E-state index contributed by atoms with van der Waals surface area (Å²) in [5.74, 6) is -0.899. The maximum atomic E-state index is 12.9. The molecule has 0 radical (unpaired) electrons. The molecule has 0 fully saturated rings. The summed E-state index contributed by atoms with van der Waals surface area (Å²) in [6.45, 7) is 6.62. The fourth-order valence-electron chi connectivity index (χ4n) is 9.01. The van der Waals surface area contributed by atoms with Crippen LogP contribution in [0.2, 0.25) is 0 Å². The van der Waals surface area contributed by atoms with Gasteiger partial charge in [-0.3, -0.25) is 14.4 Å². The molecule has 0 amide bonds. The van der Waals surface area contributed by atoms with E-state index in [0.29, 0.717) is 19.3 Å². The lowest BCUT2D eigenvalue weighted by molar-refractivity contribution is -0.167. The van der Waals surface area contributed by atoms with Gasteiger partial charge in [-0.25, -0.2) is 0 Å². The topological polar surface area (TPSA) is 78.9 Å². The maximum absolute atomic E-state index is 12.9. The summed E-state index contributed by atoms with van der Waals surface area (Å²) in [5.41, 5.74) is 0. The number of carbonyl (C=O) groups excluding carboxylic acids is 3. The summed E-state index contributed by atoms with van der Waals surface area (Å²) in [6, 6.07) is 0. The summed E-state index contributed by atoms with van der Waals surface area (Å²) >= 11 is 0. The molecule has 0 aliphatic carbocycles. The van der Waals surface area contributed by atoms with Gasteiger partial charge in [0.05, 0.1) is 0 Å². The molecule has 6 heteroatoms. The van der Waals surface area contributed by atoms with Crippen LogP contribution in [0.4, 0.5) is 0 Å². The molecule has 0 aromatic heterocycles. The Balaban J connectivity index is 4.41. The van der Waals surface area contributed by atoms with E-state index in [9.17, 15) is 14.4 Å². The van der Waals surface area contributed by atoms with Gasteiger partial charge in [0.2, 0.25) is 0 Å². The largest absolute Gasteiger partial charge is 0.462 e. The van der Waals surface area contributed by atoms with Crippen LogP contribution in [0.3, 0.4) is 0 Å². The molecular formula is C66H118O6. The average Bonchev–Trinajstić information content (AvgIpc) is 3.38. The van der Waals surface area contributed by atoms with E-state index in [2.05, 4.69) is 81.5 Å². The molecule has 0 rings (SSSR count). The van der Waals surface area contributed by atoms with Crippen molar-refractivity contribution in [3.8, 4) is 0 Å². The summed E-state index contributed by atoms with van der Waals surface area (Å²) in [7, 11) is 0. The van der Waals surface area contributed by atoms with Crippen molar-refractivity contribution in [1.29, 1.82) is 0 Å². The first-order chi connectivity index (χ1) is 35.5. The summed E-state index contributed by atoms with van der Waals surface area (Å²) in [5, 5.41) is 0. The van der Waals surface area contributed by atoms with Crippen LogP contribution in [0.1, 0.15) is 323 Å². The first-order valence-corrected chi connectivity index (χ1v) is 31.3. The van der Waals surface area contributed by atoms with Crippen molar-refractivity contribution in [2.24, 2.45) is 0 Å². The third-order valence-electron chi connectivity index (χ3n) is 13.7. The fourth-order valence-corrected chi connectivity index (χ4v) is 9.01. The molecule has 418 valence electrons. The van der Waals surface area contributed by atoms with E-state index in [-0.39, 0.29) is 31.1 Å². The molecule has 0 unspecified atom stereocenters. The van der Waals surface area contributed by atoms with Gasteiger partial charge in [-0.2, -0.15) is 0 Å². The van der Waals surface area contributed by atoms with Crippen LogP contribution < -0.4 is 0 Å².